The van der Waals surface area contributed by atoms with E-state index in [1.54, 1.807) is 0 Å². The molecule has 0 radical (unpaired) electrons. The number of ether oxygens (including phenoxy) is 1. The summed E-state index contributed by atoms with van der Waals surface area (Å²) in [6, 6.07) is 7.66. The highest BCUT2D eigenvalue weighted by molar-refractivity contribution is 5.94. The zero-order chi connectivity index (χ0) is 16.1. The summed E-state index contributed by atoms with van der Waals surface area (Å²) >= 11 is 0. The van der Waals surface area contributed by atoms with Gasteiger partial charge in [0.25, 0.3) is 5.91 Å². The molecule has 2 fully saturated rings. The second-order valence-corrected chi connectivity index (χ2v) is 7.00. The van der Waals surface area contributed by atoms with Crippen molar-refractivity contribution in [1.82, 2.24) is 10.2 Å². The SMILES string of the molecule is CC1CCN(C(=O)c2ccc(OCC3CCNCC3)cc2)CC1. The van der Waals surface area contributed by atoms with Gasteiger partial charge in [-0.25, -0.2) is 0 Å². The highest BCUT2D eigenvalue weighted by atomic mass is 16.5. The lowest BCUT2D eigenvalue weighted by Gasteiger charge is -2.30. The van der Waals surface area contributed by atoms with E-state index >= 15 is 0 Å². The summed E-state index contributed by atoms with van der Waals surface area (Å²) in [5, 5.41) is 3.37. The highest BCUT2D eigenvalue weighted by Crippen LogP contribution is 2.20. The minimum atomic E-state index is 0.154. The smallest absolute Gasteiger partial charge is 0.253 e. The van der Waals surface area contributed by atoms with Gasteiger partial charge in [0.2, 0.25) is 0 Å². The van der Waals surface area contributed by atoms with E-state index in [0.29, 0.717) is 5.92 Å². The van der Waals surface area contributed by atoms with E-state index in [4.69, 9.17) is 4.74 Å². The first-order chi connectivity index (χ1) is 11.2. The molecule has 1 amide bonds. The summed E-state index contributed by atoms with van der Waals surface area (Å²) in [5.74, 6) is 2.41. The van der Waals surface area contributed by atoms with Crippen molar-refractivity contribution in [1.29, 1.82) is 0 Å². The van der Waals surface area contributed by atoms with Gasteiger partial charge in [0.1, 0.15) is 5.75 Å². The molecule has 0 bridgehead atoms. The third-order valence-electron chi connectivity index (χ3n) is 5.12. The number of likely N-dealkylation sites (tertiary alicyclic amines) is 1. The number of amides is 1. The monoisotopic (exact) mass is 316 g/mol. The van der Waals surface area contributed by atoms with Crippen LogP contribution in [0.3, 0.4) is 0 Å². The Morgan fingerprint density at radius 2 is 1.78 bits per heavy atom. The molecule has 126 valence electrons. The minimum absolute atomic E-state index is 0.154. The Morgan fingerprint density at radius 1 is 1.13 bits per heavy atom. The summed E-state index contributed by atoms with van der Waals surface area (Å²) in [5.41, 5.74) is 0.772. The molecule has 0 aliphatic carbocycles. The molecule has 1 aromatic carbocycles. The number of nitrogens with zero attached hydrogens (tertiary/aromatic N) is 1. The van der Waals surface area contributed by atoms with Crippen LogP contribution in [0.15, 0.2) is 24.3 Å². The van der Waals surface area contributed by atoms with Gasteiger partial charge in [0, 0.05) is 18.7 Å². The highest BCUT2D eigenvalue weighted by Gasteiger charge is 2.21. The Labute approximate surface area is 139 Å². The quantitative estimate of drug-likeness (QED) is 0.928. The summed E-state index contributed by atoms with van der Waals surface area (Å²) in [4.78, 5) is 14.5. The number of piperidine rings is 2. The largest absolute Gasteiger partial charge is 0.493 e. The molecule has 2 aliphatic rings. The van der Waals surface area contributed by atoms with Crippen LogP contribution >= 0.6 is 0 Å². The zero-order valence-corrected chi connectivity index (χ0v) is 14.1. The molecule has 2 heterocycles. The molecule has 4 heteroatoms. The van der Waals surface area contributed by atoms with Gasteiger partial charge in [-0.15, -0.1) is 0 Å². The molecule has 0 atom stereocenters. The first-order valence-electron chi connectivity index (χ1n) is 8.95. The molecular weight excluding hydrogens is 288 g/mol. The van der Waals surface area contributed by atoms with E-state index in [1.165, 1.54) is 12.8 Å². The maximum absolute atomic E-state index is 12.5. The maximum atomic E-state index is 12.5. The van der Waals surface area contributed by atoms with Crippen molar-refractivity contribution >= 4 is 5.91 Å². The van der Waals surface area contributed by atoms with Crippen LogP contribution in [-0.4, -0.2) is 43.6 Å². The van der Waals surface area contributed by atoms with E-state index < -0.39 is 0 Å². The number of hydrogen-bond acceptors (Lipinski definition) is 3. The lowest BCUT2D eigenvalue weighted by molar-refractivity contribution is 0.0697. The number of benzene rings is 1. The van der Waals surface area contributed by atoms with Crippen LogP contribution in [0.25, 0.3) is 0 Å². The lowest BCUT2D eigenvalue weighted by atomic mass is 9.98. The molecule has 0 spiro atoms. The van der Waals surface area contributed by atoms with Crippen molar-refractivity contribution in [3.8, 4) is 5.75 Å². The number of carbonyl (C=O) groups excluding carboxylic acids is 1. The van der Waals surface area contributed by atoms with Gasteiger partial charge >= 0.3 is 0 Å². The van der Waals surface area contributed by atoms with Crippen LogP contribution in [0.1, 0.15) is 43.0 Å². The molecule has 4 nitrogen and oxygen atoms in total. The van der Waals surface area contributed by atoms with E-state index in [0.717, 1.165) is 62.9 Å². The van der Waals surface area contributed by atoms with Crippen molar-refractivity contribution in [3.63, 3.8) is 0 Å². The average Bonchev–Trinajstić information content (AvgIpc) is 2.61. The predicted molar refractivity (Wildman–Crippen MR) is 91.8 cm³/mol. The van der Waals surface area contributed by atoms with Crippen LogP contribution in [0.2, 0.25) is 0 Å². The molecule has 3 rings (SSSR count). The zero-order valence-electron chi connectivity index (χ0n) is 14.1. The standard InChI is InChI=1S/C19H28N2O2/c1-15-8-12-21(13-9-15)19(22)17-2-4-18(5-3-17)23-14-16-6-10-20-11-7-16/h2-5,15-16,20H,6-14H2,1H3. The first-order valence-corrected chi connectivity index (χ1v) is 8.95. The van der Waals surface area contributed by atoms with E-state index in [9.17, 15) is 4.79 Å². The second kappa shape index (κ2) is 7.82. The third-order valence-corrected chi connectivity index (χ3v) is 5.12. The Hall–Kier alpha value is -1.55. The summed E-state index contributed by atoms with van der Waals surface area (Å²) in [6.07, 6.45) is 4.60. The Bertz CT molecular complexity index is 501. The van der Waals surface area contributed by atoms with Crippen molar-refractivity contribution in [2.24, 2.45) is 11.8 Å². The lowest BCUT2D eigenvalue weighted by Crippen LogP contribution is -2.37. The molecule has 2 aliphatic heterocycles. The molecule has 23 heavy (non-hydrogen) atoms. The van der Waals surface area contributed by atoms with Gasteiger partial charge in [-0.1, -0.05) is 6.92 Å². The Balaban J connectivity index is 1.51. The van der Waals surface area contributed by atoms with E-state index in [2.05, 4.69) is 12.2 Å². The number of rotatable bonds is 4. The van der Waals surface area contributed by atoms with Crippen molar-refractivity contribution in [2.45, 2.75) is 32.6 Å². The van der Waals surface area contributed by atoms with Gasteiger partial charge in [0.15, 0.2) is 0 Å². The number of hydrogen-bond donors (Lipinski definition) is 1. The van der Waals surface area contributed by atoms with Crippen LogP contribution < -0.4 is 10.1 Å². The molecule has 1 N–H and O–H groups in total. The molecule has 2 saturated heterocycles. The van der Waals surface area contributed by atoms with Gasteiger partial charge in [-0.3, -0.25) is 4.79 Å². The van der Waals surface area contributed by atoms with Crippen molar-refractivity contribution < 1.29 is 9.53 Å². The third kappa shape index (κ3) is 4.47. The van der Waals surface area contributed by atoms with Crippen LogP contribution in [-0.2, 0) is 0 Å². The summed E-state index contributed by atoms with van der Waals surface area (Å²) < 4.78 is 5.89. The van der Waals surface area contributed by atoms with E-state index in [-0.39, 0.29) is 5.91 Å². The molecule has 0 unspecified atom stereocenters. The van der Waals surface area contributed by atoms with Crippen molar-refractivity contribution in [3.05, 3.63) is 29.8 Å². The Kier molecular flexibility index (Phi) is 5.55. The fourth-order valence-corrected chi connectivity index (χ4v) is 3.35. The second-order valence-electron chi connectivity index (χ2n) is 7.00. The molecule has 0 saturated carbocycles. The number of carbonyl (C=O) groups is 1. The average molecular weight is 316 g/mol. The predicted octanol–water partition coefficient (Wildman–Crippen LogP) is 2.94. The molecule has 0 aromatic heterocycles. The summed E-state index contributed by atoms with van der Waals surface area (Å²) in [7, 11) is 0. The van der Waals surface area contributed by atoms with Crippen LogP contribution in [0, 0.1) is 11.8 Å². The van der Waals surface area contributed by atoms with Crippen LogP contribution in [0.5, 0.6) is 5.75 Å². The first kappa shape index (κ1) is 16.3. The van der Waals surface area contributed by atoms with Crippen molar-refractivity contribution in [2.75, 3.05) is 32.8 Å². The van der Waals surface area contributed by atoms with Gasteiger partial charge in [0.05, 0.1) is 6.61 Å². The van der Waals surface area contributed by atoms with Gasteiger partial charge < -0.3 is 15.0 Å². The van der Waals surface area contributed by atoms with E-state index in [1.807, 2.05) is 29.2 Å². The summed E-state index contributed by atoms with van der Waals surface area (Å²) in [6.45, 7) is 6.99. The fraction of sp³-hybridized carbons (Fsp3) is 0.632. The van der Waals surface area contributed by atoms with Gasteiger partial charge in [-0.05, 0) is 74.9 Å². The molecular formula is C19H28N2O2. The fourth-order valence-electron chi connectivity index (χ4n) is 3.35. The number of nitrogens with one attached hydrogen (secondary N) is 1. The van der Waals surface area contributed by atoms with Crippen LogP contribution in [0.4, 0.5) is 0 Å². The van der Waals surface area contributed by atoms with Gasteiger partial charge in [-0.2, -0.15) is 0 Å². The topological polar surface area (TPSA) is 41.6 Å². The normalized spacial score (nSPS) is 20.5. The molecule has 1 aromatic rings. The minimum Gasteiger partial charge on any atom is -0.493 e. The Morgan fingerprint density at radius 3 is 2.43 bits per heavy atom. The maximum Gasteiger partial charge on any atom is 0.253 e.